The van der Waals surface area contributed by atoms with Crippen LogP contribution < -0.4 is 5.32 Å². The number of carbonyl (C=O) groups excluding carboxylic acids is 1. The lowest BCUT2D eigenvalue weighted by molar-refractivity contribution is -0.384. The second kappa shape index (κ2) is 7.62. The standard InChI is InChI=1S/C21H14ClN3O3S/c1-12-6-9-20(29-12)19-11-15(14-4-2-3-5-17(14)23-19)21(26)24-18-8-7-13(25(27)28)10-16(18)22/h2-11H,1H3,(H,24,26). The number of nitrogens with one attached hydrogen (secondary N) is 1. The largest absolute Gasteiger partial charge is 0.321 e. The maximum atomic E-state index is 13.1. The first-order valence-electron chi connectivity index (χ1n) is 8.64. The molecule has 0 atom stereocenters. The lowest BCUT2D eigenvalue weighted by Gasteiger charge is -2.11. The van der Waals surface area contributed by atoms with E-state index in [1.165, 1.54) is 18.2 Å². The van der Waals surface area contributed by atoms with Crippen LogP contribution in [0.1, 0.15) is 15.2 Å². The average Bonchev–Trinajstić information content (AvgIpc) is 3.14. The van der Waals surface area contributed by atoms with Gasteiger partial charge in [-0.05, 0) is 37.3 Å². The van der Waals surface area contributed by atoms with E-state index in [0.29, 0.717) is 27.8 Å². The van der Waals surface area contributed by atoms with Crippen LogP contribution in [0.15, 0.2) is 60.7 Å². The van der Waals surface area contributed by atoms with E-state index in [-0.39, 0.29) is 16.6 Å². The second-order valence-electron chi connectivity index (χ2n) is 6.36. The van der Waals surface area contributed by atoms with E-state index in [1.807, 2.05) is 43.3 Å². The molecule has 1 N–H and O–H groups in total. The van der Waals surface area contributed by atoms with E-state index in [9.17, 15) is 14.9 Å². The first-order chi connectivity index (χ1) is 13.9. The van der Waals surface area contributed by atoms with Crippen LogP contribution >= 0.6 is 22.9 Å². The molecule has 6 nitrogen and oxygen atoms in total. The van der Waals surface area contributed by atoms with Crippen molar-refractivity contribution >= 4 is 51.1 Å². The lowest BCUT2D eigenvalue weighted by Crippen LogP contribution is -2.13. The Balaban J connectivity index is 1.76. The van der Waals surface area contributed by atoms with Gasteiger partial charge in [0.25, 0.3) is 11.6 Å². The number of benzene rings is 2. The lowest BCUT2D eigenvalue weighted by atomic mass is 10.1. The van der Waals surface area contributed by atoms with Crippen molar-refractivity contribution in [3.8, 4) is 10.6 Å². The molecule has 0 saturated heterocycles. The average molecular weight is 424 g/mol. The molecule has 0 fully saturated rings. The SMILES string of the molecule is Cc1ccc(-c2cc(C(=O)Nc3ccc([N+](=O)[O-])cc3Cl)c3ccccc3n2)s1. The predicted molar refractivity (Wildman–Crippen MR) is 116 cm³/mol. The van der Waals surface area contributed by atoms with Crippen LogP contribution in [0.4, 0.5) is 11.4 Å². The highest BCUT2D eigenvalue weighted by Crippen LogP contribution is 2.31. The van der Waals surface area contributed by atoms with Crippen molar-refractivity contribution in [1.29, 1.82) is 0 Å². The Hall–Kier alpha value is -3.29. The molecule has 0 spiro atoms. The number of nitro benzene ring substituents is 1. The molecule has 2 heterocycles. The van der Waals surface area contributed by atoms with Gasteiger partial charge in [0.1, 0.15) is 0 Å². The van der Waals surface area contributed by atoms with Crippen LogP contribution in [-0.4, -0.2) is 15.8 Å². The smallest absolute Gasteiger partial charge is 0.271 e. The highest BCUT2D eigenvalue weighted by Gasteiger charge is 2.17. The van der Waals surface area contributed by atoms with Gasteiger partial charge >= 0.3 is 0 Å². The maximum absolute atomic E-state index is 13.1. The maximum Gasteiger partial charge on any atom is 0.271 e. The molecule has 0 unspecified atom stereocenters. The van der Waals surface area contributed by atoms with E-state index < -0.39 is 4.92 Å². The number of carbonyl (C=O) groups is 1. The van der Waals surface area contributed by atoms with Gasteiger partial charge in [0.05, 0.1) is 37.3 Å². The number of non-ortho nitro benzene ring substituents is 1. The summed E-state index contributed by atoms with van der Waals surface area (Å²) in [5.41, 5.74) is 2.03. The van der Waals surface area contributed by atoms with Crippen molar-refractivity contribution in [3.05, 3.63) is 86.2 Å². The van der Waals surface area contributed by atoms with Crippen molar-refractivity contribution in [2.24, 2.45) is 0 Å². The number of hydrogen-bond acceptors (Lipinski definition) is 5. The van der Waals surface area contributed by atoms with Crippen LogP contribution in [-0.2, 0) is 0 Å². The molecule has 0 aliphatic heterocycles. The highest BCUT2D eigenvalue weighted by atomic mass is 35.5. The molecular formula is C21H14ClN3O3S. The Bertz CT molecular complexity index is 1270. The number of aromatic nitrogens is 1. The summed E-state index contributed by atoms with van der Waals surface area (Å²) in [6.07, 6.45) is 0. The third kappa shape index (κ3) is 3.83. The summed E-state index contributed by atoms with van der Waals surface area (Å²) < 4.78 is 0. The van der Waals surface area contributed by atoms with Gasteiger partial charge in [0, 0.05) is 22.4 Å². The summed E-state index contributed by atoms with van der Waals surface area (Å²) in [6, 6.07) is 17.1. The van der Waals surface area contributed by atoms with Gasteiger partial charge in [-0.3, -0.25) is 14.9 Å². The third-order valence-corrected chi connectivity index (χ3v) is 5.70. The van der Waals surface area contributed by atoms with E-state index in [1.54, 1.807) is 17.4 Å². The summed E-state index contributed by atoms with van der Waals surface area (Å²) in [7, 11) is 0. The first kappa shape index (κ1) is 19.0. The molecule has 0 bridgehead atoms. The summed E-state index contributed by atoms with van der Waals surface area (Å²) in [6.45, 7) is 2.01. The van der Waals surface area contributed by atoms with Crippen molar-refractivity contribution < 1.29 is 9.72 Å². The summed E-state index contributed by atoms with van der Waals surface area (Å²) in [5.74, 6) is -0.367. The van der Waals surface area contributed by atoms with Gasteiger partial charge in [-0.1, -0.05) is 29.8 Å². The van der Waals surface area contributed by atoms with Crippen molar-refractivity contribution in [2.75, 3.05) is 5.32 Å². The zero-order valence-corrected chi connectivity index (χ0v) is 16.8. The van der Waals surface area contributed by atoms with Crippen LogP contribution in [0.2, 0.25) is 5.02 Å². The minimum atomic E-state index is -0.539. The van der Waals surface area contributed by atoms with Gasteiger partial charge in [-0.2, -0.15) is 0 Å². The number of nitro groups is 1. The zero-order chi connectivity index (χ0) is 20.5. The summed E-state index contributed by atoms with van der Waals surface area (Å²) in [4.78, 5) is 30.2. The van der Waals surface area contributed by atoms with Crippen LogP contribution in [0, 0.1) is 17.0 Å². The number of aryl methyl sites for hydroxylation is 1. The normalized spacial score (nSPS) is 10.8. The summed E-state index contributed by atoms with van der Waals surface area (Å²) in [5, 5.41) is 14.4. The van der Waals surface area contributed by atoms with Crippen LogP contribution in [0.5, 0.6) is 0 Å². The molecule has 0 saturated carbocycles. The molecule has 0 aliphatic rings. The molecule has 4 rings (SSSR count). The molecule has 4 aromatic rings. The molecule has 1 amide bonds. The number of rotatable bonds is 4. The third-order valence-electron chi connectivity index (χ3n) is 4.37. The number of para-hydroxylation sites is 1. The Labute approximate surface area is 174 Å². The monoisotopic (exact) mass is 423 g/mol. The predicted octanol–water partition coefficient (Wildman–Crippen LogP) is 6.09. The second-order valence-corrected chi connectivity index (χ2v) is 8.05. The fourth-order valence-electron chi connectivity index (χ4n) is 2.97. The highest BCUT2D eigenvalue weighted by molar-refractivity contribution is 7.15. The number of hydrogen-bond donors (Lipinski definition) is 1. The van der Waals surface area contributed by atoms with E-state index in [2.05, 4.69) is 10.3 Å². The Morgan fingerprint density at radius 1 is 1.14 bits per heavy atom. The van der Waals surface area contributed by atoms with E-state index in [4.69, 9.17) is 11.6 Å². The minimum Gasteiger partial charge on any atom is -0.321 e. The number of fused-ring (bicyclic) bond motifs is 1. The molecule has 0 radical (unpaired) electrons. The molecular weight excluding hydrogens is 410 g/mol. The van der Waals surface area contributed by atoms with E-state index >= 15 is 0 Å². The fraction of sp³-hybridized carbons (Fsp3) is 0.0476. The molecule has 144 valence electrons. The van der Waals surface area contributed by atoms with Crippen molar-refractivity contribution in [1.82, 2.24) is 4.98 Å². The number of amides is 1. The summed E-state index contributed by atoms with van der Waals surface area (Å²) >= 11 is 7.72. The number of anilines is 1. The van der Waals surface area contributed by atoms with Gasteiger partial charge < -0.3 is 5.32 Å². The molecule has 8 heteroatoms. The van der Waals surface area contributed by atoms with Gasteiger partial charge in [-0.25, -0.2) is 4.98 Å². The van der Waals surface area contributed by atoms with Crippen LogP contribution in [0.25, 0.3) is 21.5 Å². The number of halogens is 1. The molecule has 2 aromatic heterocycles. The Morgan fingerprint density at radius 3 is 2.62 bits per heavy atom. The number of thiophene rings is 1. The van der Waals surface area contributed by atoms with Gasteiger partial charge in [0.2, 0.25) is 0 Å². The van der Waals surface area contributed by atoms with Gasteiger partial charge in [0.15, 0.2) is 0 Å². The number of nitrogens with zero attached hydrogens (tertiary/aromatic N) is 2. The first-order valence-corrected chi connectivity index (χ1v) is 9.84. The van der Waals surface area contributed by atoms with Crippen molar-refractivity contribution in [3.63, 3.8) is 0 Å². The minimum absolute atomic E-state index is 0.0972. The van der Waals surface area contributed by atoms with Crippen LogP contribution in [0.3, 0.4) is 0 Å². The fourth-order valence-corrected chi connectivity index (χ4v) is 4.02. The number of pyridine rings is 1. The van der Waals surface area contributed by atoms with Crippen molar-refractivity contribution in [2.45, 2.75) is 6.92 Å². The quantitative estimate of drug-likeness (QED) is 0.318. The van der Waals surface area contributed by atoms with Gasteiger partial charge in [-0.15, -0.1) is 11.3 Å². The molecule has 0 aliphatic carbocycles. The molecule has 29 heavy (non-hydrogen) atoms. The van der Waals surface area contributed by atoms with E-state index in [0.717, 1.165) is 9.75 Å². The topological polar surface area (TPSA) is 85.1 Å². The Kier molecular flexibility index (Phi) is 5.00. The Morgan fingerprint density at radius 2 is 1.93 bits per heavy atom. The zero-order valence-electron chi connectivity index (χ0n) is 15.2. The molecule has 2 aromatic carbocycles.